The SMILES string of the molecule is Cc1ccc(I)c(N=[N+]=[N-])c1. The standard InChI is InChI=1S/C7H6IN3/c1-5-2-3-6(8)7(4-5)10-11-9/h2-4H,1H3. The van der Waals surface area contributed by atoms with Crippen molar-refractivity contribution in [2.24, 2.45) is 5.11 Å². The number of benzene rings is 1. The van der Waals surface area contributed by atoms with Crippen LogP contribution < -0.4 is 0 Å². The van der Waals surface area contributed by atoms with E-state index in [2.05, 4.69) is 32.6 Å². The number of halogens is 1. The Kier molecular flexibility index (Phi) is 2.73. The molecule has 3 nitrogen and oxygen atoms in total. The highest BCUT2D eigenvalue weighted by Crippen LogP contribution is 2.22. The fourth-order valence-corrected chi connectivity index (χ4v) is 1.19. The van der Waals surface area contributed by atoms with Crippen molar-refractivity contribution in [1.29, 1.82) is 0 Å². The van der Waals surface area contributed by atoms with Crippen LogP contribution in [0.4, 0.5) is 5.69 Å². The molecule has 0 heterocycles. The molecule has 0 aliphatic rings. The fourth-order valence-electron chi connectivity index (χ4n) is 0.748. The maximum absolute atomic E-state index is 8.19. The van der Waals surface area contributed by atoms with E-state index in [0.717, 1.165) is 9.13 Å². The zero-order valence-electron chi connectivity index (χ0n) is 5.95. The molecular formula is C7H6IN3. The van der Waals surface area contributed by atoms with Crippen molar-refractivity contribution in [2.45, 2.75) is 6.92 Å². The highest BCUT2D eigenvalue weighted by atomic mass is 127. The molecule has 0 atom stereocenters. The van der Waals surface area contributed by atoms with Crippen LogP contribution in [0.3, 0.4) is 0 Å². The Morgan fingerprint density at radius 3 is 2.91 bits per heavy atom. The Morgan fingerprint density at radius 1 is 1.55 bits per heavy atom. The second kappa shape index (κ2) is 3.59. The van der Waals surface area contributed by atoms with Gasteiger partial charge >= 0.3 is 0 Å². The van der Waals surface area contributed by atoms with Crippen LogP contribution in [-0.2, 0) is 0 Å². The first-order valence-corrected chi connectivity index (χ1v) is 4.13. The molecule has 0 amide bonds. The number of hydrogen-bond donors (Lipinski definition) is 0. The van der Waals surface area contributed by atoms with Gasteiger partial charge in [-0.1, -0.05) is 16.7 Å². The summed E-state index contributed by atoms with van der Waals surface area (Å²) in [5, 5.41) is 3.54. The highest BCUT2D eigenvalue weighted by Gasteiger charge is 1.95. The van der Waals surface area contributed by atoms with Crippen LogP contribution in [0.5, 0.6) is 0 Å². The second-order valence-corrected chi connectivity index (χ2v) is 3.31. The van der Waals surface area contributed by atoms with E-state index in [1.165, 1.54) is 0 Å². The predicted octanol–water partition coefficient (Wildman–Crippen LogP) is 3.54. The molecule has 56 valence electrons. The number of aryl methyl sites for hydroxylation is 1. The fraction of sp³-hybridized carbons (Fsp3) is 0.143. The first kappa shape index (κ1) is 8.36. The first-order valence-electron chi connectivity index (χ1n) is 3.05. The van der Waals surface area contributed by atoms with E-state index in [1.807, 2.05) is 25.1 Å². The van der Waals surface area contributed by atoms with Gasteiger partial charge in [-0.05, 0) is 47.2 Å². The maximum atomic E-state index is 8.19. The van der Waals surface area contributed by atoms with Gasteiger partial charge in [0.1, 0.15) is 0 Å². The topological polar surface area (TPSA) is 48.8 Å². The van der Waals surface area contributed by atoms with Crippen molar-refractivity contribution in [2.75, 3.05) is 0 Å². The minimum Gasteiger partial charge on any atom is -0.0597 e. The monoisotopic (exact) mass is 259 g/mol. The minimum absolute atomic E-state index is 0.702. The summed E-state index contributed by atoms with van der Waals surface area (Å²) in [5.74, 6) is 0. The quantitative estimate of drug-likeness (QED) is 0.320. The van der Waals surface area contributed by atoms with Crippen LogP contribution in [0.2, 0.25) is 0 Å². The lowest BCUT2D eigenvalue weighted by Gasteiger charge is -1.96. The average molecular weight is 259 g/mol. The van der Waals surface area contributed by atoms with Crippen LogP contribution in [0.15, 0.2) is 23.3 Å². The summed E-state index contributed by atoms with van der Waals surface area (Å²) in [6.07, 6.45) is 0. The number of hydrogen-bond acceptors (Lipinski definition) is 1. The van der Waals surface area contributed by atoms with Crippen LogP contribution in [0.1, 0.15) is 5.56 Å². The molecule has 1 aromatic carbocycles. The maximum Gasteiger partial charge on any atom is 0.0511 e. The van der Waals surface area contributed by atoms with E-state index in [-0.39, 0.29) is 0 Å². The summed E-state index contributed by atoms with van der Waals surface area (Å²) in [7, 11) is 0. The Morgan fingerprint density at radius 2 is 2.27 bits per heavy atom. The molecule has 0 aliphatic heterocycles. The van der Waals surface area contributed by atoms with Crippen molar-refractivity contribution in [1.82, 2.24) is 0 Å². The molecule has 0 saturated carbocycles. The molecular weight excluding hydrogens is 253 g/mol. The minimum atomic E-state index is 0.702. The van der Waals surface area contributed by atoms with Gasteiger partial charge in [0.15, 0.2) is 0 Å². The van der Waals surface area contributed by atoms with E-state index < -0.39 is 0 Å². The summed E-state index contributed by atoms with van der Waals surface area (Å²) in [6.45, 7) is 1.96. The highest BCUT2D eigenvalue weighted by molar-refractivity contribution is 14.1. The lowest BCUT2D eigenvalue weighted by atomic mass is 10.2. The summed E-state index contributed by atoms with van der Waals surface area (Å²) in [5.41, 5.74) is 10.00. The number of nitrogens with zero attached hydrogens (tertiary/aromatic N) is 3. The zero-order chi connectivity index (χ0) is 8.27. The molecule has 0 N–H and O–H groups in total. The third-order valence-corrected chi connectivity index (χ3v) is 2.17. The summed E-state index contributed by atoms with van der Waals surface area (Å²) < 4.78 is 0.978. The summed E-state index contributed by atoms with van der Waals surface area (Å²) in [6, 6.07) is 5.78. The Balaban J connectivity index is 3.22. The summed E-state index contributed by atoms with van der Waals surface area (Å²) >= 11 is 2.14. The smallest absolute Gasteiger partial charge is 0.0511 e. The van der Waals surface area contributed by atoms with Gasteiger partial charge in [-0.15, -0.1) is 0 Å². The summed E-state index contributed by atoms with van der Waals surface area (Å²) in [4.78, 5) is 2.73. The average Bonchev–Trinajstić information content (AvgIpc) is 1.98. The number of rotatable bonds is 1. The van der Waals surface area contributed by atoms with Crippen molar-refractivity contribution < 1.29 is 0 Å². The molecule has 11 heavy (non-hydrogen) atoms. The Hall–Kier alpha value is -0.740. The molecule has 0 radical (unpaired) electrons. The molecule has 0 fully saturated rings. The zero-order valence-corrected chi connectivity index (χ0v) is 8.11. The third kappa shape index (κ3) is 2.10. The van der Waals surface area contributed by atoms with Crippen molar-refractivity contribution in [3.63, 3.8) is 0 Å². The predicted molar refractivity (Wildman–Crippen MR) is 52.7 cm³/mol. The molecule has 0 unspecified atom stereocenters. The van der Waals surface area contributed by atoms with Gasteiger partial charge in [0.05, 0.1) is 5.69 Å². The van der Waals surface area contributed by atoms with Gasteiger partial charge in [0.25, 0.3) is 0 Å². The second-order valence-electron chi connectivity index (χ2n) is 2.14. The van der Waals surface area contributed by atoms with Gasteiger partial charge < -0.3 is 0 Å². The Bertz CT molecular complexity index is 315. The molecule has 0 spiro atoms. The van der Waals surface area contributed by atoms with Gasteiger partial charge in [-0.2, -0.15) is 0 Å². The molecule has 0 saturated heterocycles. The van der Waals surface area contributed by atoms with Gasteiger partial charge in [0, 0.05) is 8.48 Å². The largest absolute Gasteiger partial charge is 0.0597 e. The normalized spacial score (nSPS) is 8.91. The van der Waals surface area contributed by atoms with Crippen molar-refractivity contribution in [3.05, 3.63) is 37.8 Å². The molecule has 0 aliphatic carbocycles. The van der Waals surface area contributed by atoms with Gasteiger partial charge in [-0.25, -0.2) is 0 Å². The van der Waals surface area contributed by atoms with Gasteiger partial charge in [0.2, 0.25) is 0 Å². The molecule has 1 rings (SSSR count). The Labute approximate surface area is 78.2 Å². The molecule has 4 heteroatoms. The molecule has 0 aromatic heterocycles. The van der Waals surface area contributed by atoms with E-state index in [0.29, 0.717) is 5.69 Å². The first-order chi connectivity index (χ1) is 5.24. The van der Waals surface area contributed by atoms with E-state index in [9.17, 15) is 0 Å². The van der Waals surface area contributed by atoms with Crippen LogP contribution in [0.25, 0.3) is 10.4 Å². The van der Waals surface area contributed by atoms with Crippen LogP contribution >= 0.6 is 22.6 Å². The van der Waals surface area contributed by atoms with Crippen molar-refractivity contribution in [3.8, 4) is 0 Å². The van der Waals surface area contributed by atoms with Crippen LogP contribution in [0, 0.1) is 10.5 Å². The van der Waals surface area contributed by atoms with E-state index in [1.54, 1.807) is 0 Å². The molecule has 0 bridgehead atoms. The lowest BCUT2D eigenvalue weighted by molar-refractivity contribution is 1.38. The van der Waals surface area contributed by atoms with E-state index in [4.69, 9.17) is 5.53 Å². The molecule has 1 aromatic rings. The van der Waals surface area contributed by atoms with Crippen LogP contribution in [-0.4, -0.2) is 0 Å². The van der Waals surface area contributed by atoms with E-state index >= 15 is 0 Å². The van der Waals surface area contributed by atoms with Crippen molar-refractivity contribution >= 4 is 28.3 Å². The van der Waals surface area contributed by atoms with Gasteiger partial charge in [-0.3, -0.25) is 0 Å². The number of azide groups is 1. The lowest BCUT2D eigenvalue weighted by Crippen LogP contribution is -1.74. The third-order valence-electron chi connectivity index (χ3n) is 1.25.